The second kappa shape index (κ2) is 11.5. The van der Waals surface area contributed by atoms with Gasteiger partial charge in [0.25, 0.3) is 5.97 Å². The first-order valence-corrected chi connectivity index (χ1v) is 11.0. The van der Waals surface area contributed by atoms with Crippen molar-refractivity contribution in [2.45, 2.75) is 26.4 Å². The number of carboxylic acids is 1. The molecule has 3 aromatic rings. The van der Waals surface area contributed by atoms with Gasteiger partial charge in [-0.3, -0.25) is 4.79 Å². The second-order valence-electron chi connectivity index (χ2n) is 7.90. The highest BCUT2D eigenvalue weighted by Gasteiger charge is 2.31. The quantitative estimate of drug-likeness (QED) is 0.456. The molecule has 37 heavy (non-hydrogen) atoms. The number of nitrogens with zero attached hydrogens (tertiary/aromatic N) is 2. The highest BCUT2D eigenvalue weighted by Crippen LogP contribution is 2.35. The molecule has 4 rings (SSSR count). The van der Waals surface area contributed by atoms with Crippen LogP contribution in [0.2, 0.25) is 0 Å². The number of aliphatic imine (C=N–C) groups is 1. The highest BCUT2D eigenvalue weighted by atomic mass is 19.4. The summed E-state index contributed by atoms with van der Waals surface area (Å²) in [4.78, 5) is 15.5. The number of nitrogens with two attached hydrogens (primary N) is 1. The topological polar surface area (TPSA) is 107 Å². The smallest absolute Gasteiger partial charge is 0.496 e. The van der Waals surface area contributed by atoms with Crippen molar-refractivity contribution in [1.82, 2.24) is 4.90 Å². The van der Waals surface area contributed by atoms with Gasteiger partial charge in [0.1, 0.15) is 17.2 Å². The molecule has 0 bridgehead atoms. The minimum atomic E-state index is -4.72. The van der Waals surface area contributed by atoms with E-state index < -0.39 is 12.3 Å². The summed E-state index contributed by atoms with van der Waals surface area (Å²) in [6.07, 6.45) is -4.72. The van der Waals surface area contributed by atoms with Crippen molar-refractivity contribution in [3.05, 3.63) is 71.8 Å². The van der Waals surface area contributed by atoms with Crippen molar-refractivity contribution in [2.75, 3.05) is 14.2 Å². The zero-order valence-corrected chi connectivity index (χ0v) is 20.4. The van der Waals surface area contributed by atoms with E-state index in [-0.39, 0.29) is 5.75 Å². The predicted molar refractivity (Wildman–Crippen MR) is 132 cm³/mol. The molecule has 11 heteroatoms. The molecule has 0 amide bonds. The Morgan fingerprint density at radius 2 is 1.59 bits per heavy atom. The molecule has 3 N–H and O–H groups in total. The molecule has 196 valence electrons. The molecule has 0 saturated heterocycles. The number of hydrogen-bond acceptors (Lipinski definition) is 7. The van der Waals surface area contributed by atoms with Gasteiger partial charge in [0.15, 0.2) is 5.96 Å². The molecule has 0 unspecified atom stereocenters. The Balaban J connectivity index is 0.000000886. The van der Waals surface area contributed by atoms with Crippen LogP contribution in [0.3, 0.4) is 0 Å². The van der Waals surface area contributed by atoms with E-state index in [0.717, 1.165) is 29.2 Å². The van der Waals surface area contributed by atoms with E-state index in [2.05, 4.69) is 9.73 Å². The van der Waals surface area contributed by atoms with Gasteiger partial charge in [-0.05, 0) is 47.0 Å². The SMILES string of the molecule is CC(=O)O.COc1cccc(OC)c1CN1Cc2ccc(-c3ccc(OC(F)(F)F)cc3)cc2N=C1N. The van der Waals surface area contributed by atoms with E-state index in [9.17, 15) is 13.2 Å². The summed E-state index contributed by atoms with van der Waals surface area (Å²) >= 11 is 0. The maximum Gasteiger partial charge on any atom is 0.573 e. The van der Waals surface area contributed by atoms with Crippen molar-refractivity contribution in [2.24, 2.45) is 10.7 Å². The first-order valence-electron chi connectivity index (χ1n) is 11.0. The lowest BCUT2D eigenvalue weighted by atomic mass is 10.0. The number of ether oxygens (including phenoxy) is 3. The molecule has 1 heterocycles. The Bertz CT molecular complexity index is 1250. The van der Waals surface area contributed by atoms with Crippen molar-refractivity contribution < 1.29 is 37.3 Å². The second-order valence-corrected chi connectivity index (χ2v) is 7.90. The fraction of sp³-hybridized carbons (Fsp3) is 0.231. The molecule has 0 aliphatic carbocycles. The van der Waals surface area contributed by atoms with Crippen molar-refractivity contribution in [3.8, 4) is 28.4 Å². The zero-order valence-electron chi connectivity index (χ0n) is 20.4. The van der Waals surface area contributed by atoms with Crippen LogP contribution in [-0.4, -0.2) is 42.5 Å². The van der Waals surface area contributed by atoms with Crippen LogP contribution >= 0.6 is 0 Å². The Morgan fingerprint density at radius 1 is 1.03 bits per heavy atom. The number of rotatable bonds is 6. The Kier molecular flexibility index (Phi) is 8.49. The van der Waals surface area contributed by atoms with Crippen LogP contribution < -0.4 is 19.9 Å². The van der Waals surface area contributed by atoms with Crippen molar-refractivity contribution >= 4 is 17.6 Å². The van der Waals surface area contributed by atoms with Crippen LogP contribution in [0.5, 0.6) is 17.2 Å². The number of fused-ring (bicyclic) bond motifs is 1. The van der Waals surface area contributed by atoms with E-state index in [4.69, 9.17) is 25.1 Å². The number of alkyl halides is 3. The average molecular weight is 518 g/mol. The summed E-state index contributed by atoms with van der Waals surface area (Å²) < 4.78 is 52.0. The molecular weight excluding hydrogens is 491 g/mol. The van der Waals surface area contributed by atoms with Gasteiger partial charge in [-0.2, -0.15) is 0 Å². The minimum Gasteiger partial charge on any atom is -0.496 e. The molecule has 3 aromatic carbocycles. The summed E-state index contributed by atoms with van der Waals surface area (Å²) in [5, 5.41) is 7.42. The third-order valence-corrected chi connectivity index (χ3v) is 5.31. The van der Waals surface area contributed by atoms with Gasteiger partial charge >= 0.3 is 6.36 Å². The van der Waals surface area contributed by atoms with Gasteiger partial charge in [0, 0.05) is 13.5 Å². The normalized spacial score (nSPS) is 12.5. The van der Waals surface area contributed by atoms with Gasteiger partial charge in [0.05, 0.1) is 32.0 Å². The number of benzene rings is 3. The maximum absolute atomic E-state index is 12.4. The van der Waals surface area contributed by atoms with E-state index in [1.807, 2.05) is 41.3 Å². The molecule has 1 aliphatic heterocycles. The molecule has 0 fully saturated rings. The number of hydrogen-bond donors (Lipinski definition) is 2. The Morgan fingerprint density at radius 3 is 2.14 bits per heavy atom. The molecule has 0 saturated carbocycles. The van der Waals surface area contributed by atoms with Crippen molar-refractivity contribution in [3.63, 3.8) is 0 Å². The average Bonchev–Trinajstić information content (AvgIpc) is 2.83. The van der Waals surface area contributed by atoms with E-state index in [1.54, 1.807) is 26.4 Å². The predicted octanol–water partition coefficient (Wildman–Crippen LogP) is 5.32. The summed E-state index contributed by atoms with van der Waals surface area (Å²) in [7, 11) is 3.20. The summed E-state index contributed by atoms with van der Waals surface area (Å²) in [5.41, 5.74) is 10.4. The lowest BCUT2D eigenvalue weighted by Gasteiger charge is -2.29. The fourth-order valence-electron chi connectivity index (χ4n) is 3.72. The van der Waals surface area contributed by atoms with Gasteiger partial charge in [-0.1, -0.05) is 30.3 Å². The number of carbonyl (C=O) groups is 1. The number of halogens is 3. The van der Waals surface area contributed by atoms with Gasteiger partial charge in [-0.15, -0.1) is 13.2 Å². The number of carboxylic acid groups (broad SMARTS) is 1. The first kappa shape index (κ1) is 27.2. The molecule has 0 atom stereocenters. The first-order chi connectivity index (χ1) is 17.5. The Hall–Kier alpha value is -4.41. The molecule has 1 aliphatic rings. The van der Waals surface area contributed by atoms with Crippen LogP contribution in [0.4, 0.5) is 18.9 Å². The van der Waals surface area contributed by atoms with Crippen LogP contribution in [0.15, 0.2) is 65.7 Å². The number of methoxy groups -OCH3 is 2. The van der Waals surface area contributed by atoms with Gasteiger partial charge in [0.2, 0.25) is 0 Å². The van der Waals surface area contributed by atoms with E-state index in [0.29, 0.717) is 36.2 Å². The van der Waals surface area contributed by atoms with Crippen LogP contribution in [0.25, 0.3) is 11.1 Å². The third-order valence-electron chi connectivity index (χ3n) is 5.31. The van der Waals surface area contributed by atoms with Crippen molar-refractivity contribution in [1.29, 1.82) is 0 Å². The van der Waals surface area contributed by atoms with E-state index in [1.165, 1.54) is 12.1 Å². The standard InChI is InChI=1S/C24H22F3N3O3.C2H4O2/c1-31-21-4-3-5-22(32-2)19(21)14-30-13-17-7-6-16(12-20(17)29-23(30)28)15-8-10-18(11-9-15)33-24(25,26)27;1-2(3)4/h3-12H,13-14H2,1-2H3,(H2,28,29);1H3,(H,3,4). The summed E-state index contributed by atoms with van der Waals surface area (Å²) in [5.74, 6) is 0.637. The zero-order chi connectivity index (χ0) is 27.2. The van der Waals surface area contributed by atoms with E-state index >= 15 is 0 Å². The molecule has 0 aromatic heterocycles. The molecule has 8 nitrogen and oxygen atoms in total. The lowest BCUT2D eigenvalue weighted by Crippen LogP contribution is -2.38. The summed E-state index contributed by atoms with van der Waals surface area (Å²) in [6, 6.07) is 17.0. The fourth-order valence-corrected chi connectivity index (χ4v) is 3.72. The van der Waals surface area contributed by atoms with Gasteiger partial charge in [-0.25, -0.2) is 4.99 Å². The van der Waals surface area contributed by atoms with Crippen LogP contribution in [0.1, 0.15) is 18.1 Å². The minimum absolute atomic E-state index is 0.270. The van der Waals surface area contributed by atoms with Gasteiger partial charge < -0.3 is 30.0 Å². The van der Waals surface area contributed by atoms with Crippen LogP contribution in [0, 0.1) is 0 Å². The number of guanidine groups is 1. The number of aliphatic carboxylic acids is 1. The molecular formula is C26H26F3N3O5. The van der Waals surface area contributed by atoms with Crippen LogP contribution in [-0.2, 0) is 17.9 Å². The maximum atomic E-state index is 12.4. The monoisotopic (exact) mass is 517 g/mol. The lowest BCUT2D eigenvalue weighted by molar-refractivity contribution is -0.274. The molecule has 0 spiro atoms. The Labute approximate surface area is 211 Å². The largest absolute Gasteiger partial charge is 0.573 e. The highest BCUT2D eigenvalue weighted by molar-refractivity contribution is 5.85. The molecule has 0 radical (unpaired) electrons. The third kappa shape index (κ3) is 7.29. The summed E-state index contributed by atoms with van der Waals surface area (Å²) in [6.45, 7) is 2.06.